The molecule has 2 rings (SSSR count). The van der Waals surface area contributed by atoms with E-state index in [-0.39, 0.29) is 5.76 Å². The Bertz CT molecular complexity index is 340. The van der Waals surface area contributed by atoms with E-state index in [0.29, 0.717) is 6.01 Å². The van der Waals surface area contributed by atoms with E-state index in [4.69, 9.17) is 9.52 Å². The predicted octanol–water partition coefficient (Wildman–Crippen LogP) is 1.75. The third-order valence-corrected chi connectivity index (χ3v) is 2.58. The zero-order valence-corrected chi connectivity index (χ0v) is 8.48. The smallest absolute Gasteiger partial charge is 0.373 e. The number of aromatic nitrogens is 1. The van der Waals surface area contributed by atoms with Gasteiger partial charge in [-0.15, -0.1) is 0 Å². The van der Waals surface area contributed by atoms with Crippen molar-refractivity contribution in [3.8, 4) is 0 Å². The lowest BCUT2D eigenvalue weighted by Crippen LogP contribution is -2.24. The molecule has 1 saturated heterocycles. The van der Waals surface area contributed by atoms with Crippen LogP contribution in [0.5, 0.6) is 0 Å². The summed E-state index contributed by atoms with van der Waals surface area (Å²) in [5.74, 6) is -1.15. The van der Waals surface area contributed by atoms with Gasteiger partial charge in [-0.05, 0) is 12.8 Å². The number of oxazole rings is 1. The second-order valence-electron chi connectivity index (χ2n) is 3.71. The molecule has 0 aliphatic carbocycles. The molecule has 0 unspecified atom stereocenters. The van der Waals surface area contributed by atoms with Crippen LogP contribution >= 0.6 is 0 Å². The molecule has 0 saturated carbocycles. The lowest BCUT2D eigenvalue weighted by molar-refractivity contribution is 0.0663. The zero-order chi connectivity index (χ0) is 10.7. The van der Waals surface area contributed by atoms with Gasteiger partial charge in [-0.25, -0.2) is 9.78 Å². The van der Waals surface area contributed by atoms with Crippen molar-refractivity contribution >= 4 is 12.0 Å². The molecule has 15 heavy (non-hydrogen) atoms. The van der Waals surface area contributed by atoms with Crippen LogP contribution in [0.25, 0.3) is 0 Å². The summed E-state index contributed by atoms with van der Waals surface area (Å²) in [4.78, 5) is 16.6. The lowest BCUT2D eigenvalue weighted by atomic mass is 10.2. The van der Waals surface area contributed by atoms with Crippen LogP contribution in [-0.4, -0.2) is 29.1 Å². The van der Waals surface area contributed by atoms with Gasteiger partial charge in [0, 0.05) is 13.1 Å². The molecule has 1 aromatic heterocycles. The molecule has 0 bridgehead atoms. The van der Waals surface area contributed by atoms with Crippen LogP contribution in [0, 0.1) is 0 Å². The van der Waals surface area contributed by atoms with E-state index in [0.717, 1.165) is 25.9 Å². The van der Waals surface area contributed by atoms with Crippen LogP contribution in [0.1, 0.15) is 36.2 Å². The molecule has 0 amide bonds. The summed E-state index contributed by atoms with van der Waals surface area (Å²) < 4.78 is 5.16. The number of nitrogens with zero attached hydrogens (tertiary/aromatic N) is 2. The number of rotatable bonds is 2. The highest BCUT2D eigenvalue weighted by Gasteiger charge is 2.17. The van der Waals surface area contributed by atoms with Crippen LogP contribution in [0.4, 0.5) is 6.01 Å². The van der Waals surface area contributed by atoms with E-state index >= 15 is 0 Å². The number of hydrogen-bond donors (Lipinski definition) is 1. The van der Waals surface area contributed by atoms with Gasteiger partial charge in [0.2, 0.25) is 5.76 Å². The topological polar surface area (TPSA) is 66.6 Å². The van der Waals surface area contributed by atoms with E-state index in [1.165, 1.54) is 19.0 Å². The maximum absolute atomic E-state index is 10.6. The van der Waals surface area contributed by atoms with Crippen molar-refractivity contribution in [1.82, 2.24) is 4.98 Å². The van der Waals surface area contributed by atoms with Crippen molar-refractivity contribution in [3.05, 3.63) is 12.0 Å². The Morgan fingerprint density at radius 3 is 2.53 bits per heavy atom. The molecule has 0 atom stereocenters. The maximum atomic E-state index is 10.6. The fraction of sp³-hybridized carbons (Fsp3) is 0.600. The molecule has 1 aliphatic rings. The molecule has 0 aromatic carbocycles. The van der Waals surface area contributed by atoms with Crippen molar-refractivity contribution in [2.45, 2.75) is 25.7 Å². The molecule has 0 radical (unpaired) electrons. The highest BCUT2D eigenvalue weighted by Crippen LogP contribution is 2.19. The third-order valence-electron chi connectivity index (χ3n) is 2.58. The number of hydrogen-bond acceptors (Lipinski definition) is 4. The molecular formula is C10H14N2O3. The number of carboxylic acids is 1. The second kappa shape index (κ2) is 4.33. The van der Waals surface area contributed by atoms with Gasteiger partial charge >= 0.3 is 5.97 Å². The summed E-state index contributed by atoms with van der Waals surface area (Å²) in [5, 5.41) is 8.70. The molecule has 5 heteroatoms. The first kappa shape index (κ1) is 10.0. The van der Waals surface area contributed by atoms with E-state index in [2.05, 4.69) is 4.98 Å². The van der Waals surface area contributed by atoms with E-state index in [1.54, 1.807) is 0 Å². The minimum Gasteiger partial charge on any atom is -0.475 e. The van der Waals surface area contributed by atoms with Crippen LogP contribution in [0.2, 0.25) is 0 Å². The maximum Gasteiger partial charge on any atom is 0.373 e. The molecule has 82 valence electrons. The first-order valence-electron chi connectivity index (χ1n) is 5.21. The van der Waals surface area contributed by atoms with E-state index < -0.39 is 5.97 Å². The highest BCUT2D eigenvalue weighted by molar-refractivity contribution is 5.84. The molecule has 1 N–H and O–H groups in total. The summed E-state index contributed by atoms with van der Waals surface area (Å²) in [5.41, 5.74) is 0. The summed E-state index contributed by atoms with van der Waals surface area (Å²) in [6.07, 6.45) is 5.95. The van der Waals surface area contributed by atoms with Gasteiger partial charge in [0.05, 0.1) is 6.20 Å². The van der Waals surface area contributed by atoms with Crippen molar-refractivity contribution in [1.29, 1.82) is 0 Å². The first-order chi connectivity index (χ1) is 7.27. The highest BCUT2D eigenvalue weighted by atomic mass is 16.4. The van der Waals surface area contributed by atoms with Crippen molar-refractivity contribution in [2.24, 2.45) is 0 Å². The average Bonchev–Trinajstić information content (AvgIpc) is 2.55. The molecule has 5 nitrogen and oxygen atoms in total. The minimum atomic E-state index is -1.07. The Hall–Kier alpha value is -1.52. The minimum absolute atomic E-state index is 0.0887. The first-order valence-corrected chi connectivity index (χ1v) is 5.21. The number of anilines is 1. The summed E-state index contributed by atoms with van der Waals surface area (Å²) >= 11 is 0. The van der Waals surface area contributed by atoms with Gasteiger partial charge in [-0.3, -0.25) is 0 Å². The fourth-order valence-electron chi connectivity index (χ4n) is 1.77. The largest absolute Gasteiger partial charge is 0.475 e. The summed E-state index contributed by atoms with van der Waals surface area (Å²) in [6, 6.07) is 0.439. The van der Waals surface area contributed by atoms with Crippen molar-refractivity contribution in [3.63, 3.8) is 0 Å². The Kier molecular flexibility index (Phi) is 2.89. The third kappa shape index (κ3) is 2.29. The molecular weight excluding hydrogens is 196 g/mol. The number of aromatic carboxylic acids is 1. The van der Waals surface area contributed by atoms with Gasteiger partial charge in [-0.2, -0.15) is 0 Å². The zero-order valence-electron chi connectivity index (χ0n) is 8.48. The molecule has 1 fully saturated rings. The monoisotopic (exact) mass is 210 g/mol. The van der Waals surface area contributed by atoms with Crippen molar-refractivity contribution < 1.29 is 14.3 Å². The Labute approximate surface area is 87.7 Å². The Morgan fingerprint density at radius 2 is 2.00 bits per heavy atom. The van der Waals surface area contributed by atoms with Gasteiger partial charge in [0.15, 0.2) is 0 Å². The Balaban J connectivity index is 2.10. The van der Waals surface area contributed by atoms with Gasteiger partial charge < -0.3 is 14.4 Å². The van der Waals surface area contributed by atoms with Gasteiger partial charge in [-0.1, -0.05) is 12.8 Å². The molecule has 0 spiro atoms. The van der Waals surface area contributed by atoms with Crippen LogP contribution in [0.15, 0.2) is 10.6 Å². The SMILES string of the molecule is O=C(O)c1cnc(N2CCCCCC2)o1. The van der Waals surface area contributed by atoms with E-state index in [9.17, 15) is 4.79 Å². The summed E-state index contributed by atoms with van der Waals surface area (Å²) in [7, 11) is 0. The predicted molar refractivity (Wildman–Crippen MR) is 54.1 cm³/mol. The van der Waals surface area contributed by atoms with Gasteiger partial charge in [0.25, 0.3) is 6.01 Å². The average molecular weight is 210 g/mol. The molecule has 2 heterocycles. The fourth-order valence-corrected chi connectivity index (χ4v) is 1.77. The van der Waals surface area contributed by atoms with Crippen LogP contribution in [0.3, 0.4) is 0 Å². The second-order valence-corrected chi connectivity index (χ2v) is 3.71. The normalized spacial score (nSPS) is 17.5. The standard InChI is InChI=1S/C10H14N2O3/c13-9(14)8-7-11-10(15-8)12-5-3-1-2-4-6-12/h7H,1-6H2,(H,13,14). The van der Waals surface area contributed by atoms with Gasteiger partial charge in [0.1, 0.15) is 0 Å². The summed E-state index contributed by atoms with van der Waals surface area (Å²) in [6.45, 7) is 1.80. The molecule has 1 aromatic rings. The lowest BCUT2D eigenvalue weighted by Gasteiger charge is -2.16. The van der Waals surface area contributed by atoms with E-state index in [1.807, 2.05) is 4.90 Å². The molecule has 1 aliphatic heterocycles. The number of carboxylic acid groups (broad SMARTS) is 1. The quantitative estimate of drug-likeness (QED) is 0.805. The van der Waals surface area contributed by atoms with Crippen LogP contribution < -0.4 is 4.90 Å². The van der Waals surface area contributed by atoms with Crippen molar-refractivity contribution in [2.75, 3.05) is 18.0 Å². The Morgan fingerprint density at radius 1 is 1.33 bits per heavy atom. The number of carbonyl (C=O) groups is 1. The van der Waals surface area contributed by atoms with Crippen LogP contribution in [-0.2, 0) is 0 Å².